The second-order valence-corrected chi connectivity index (χ2v) is 12.8. The maximum absolute atomic E-state index is 13.7. The van der Waals surface area contributed by atoms with Crippen molar-refractivity contribution in [2.45, 2.75) is 56.9 Å². The number of aromatic nitrogens is 3. The molecule has 0 unspecified atom stereocenters. The molecule has 0 radical (unpaired) electrons. The van der Waals surface area contributed by atoms with Crippen LogP contribution >= 0.6 is 0 Å². The van der Waals surface area contributed by atoms with Gasteiger partial charge >= 0.3 is 5.97 Å². The quantitative estimate of drug-likeness (QED) is 0.368. The molecule has 1 aliphatic heterocycles. The first-order valence-corrected chi connectivity index (χ1v) is 14.5. The third-order valence-corrected chi connectivity index (χ3v) is 9.53. The molecular formula is C29H30N4O5S. The summed E-state index contributed by atoms with van der Waals surface area (Å²) in [5.74, 6) is -0.165. The van der Waals surface area contributed by atoms with Crippen LogP contribution in [0.5, 0.6) is 0 Å². The van der Waals surface area contributed by atoms with Gasteiger partial charge in [0.15, 0.2) is 0 Å². The van der Waals surface area contributed by atoms with Crippen LogP contribution in [0.1, 0.15) is 69.4 Å². The number of hydrogen-bond donors (Lipinski definition) is 1. The number of aromatic carboxylic acids is 1. The topological polar surface area (TPSA) is 119 Å². The molecule has 1 saturated carbocycles. The molecule has 0 spiro atoms. The number of benzene rings is 2. The third kappa shape index (κ3) is 4.68. The van der Waals surface area contributed by atoms with Gasteiger partial charge in [0.25, 0.3) is 0 Å². The van der Waals surface area contributed by atoms with Crippen molar-refractivity contribution in [1.29, 1.82) is 0 Å². The Labute approximate surface area is 227 Å². The molecule has 9 nitrogen and oxygen atoms in total. The minimum Gasteiger partial charge on any atom is -0.478 e. The van der Waals surface area contributed by atoms with Gasteiger partial charge in [-0.25, -0.2) is 17.9 Å². The fourth-order valence-corrected chi connectivity index (χ4v) is 7.50. The Kier molecular flexibility index (Phi) is 6.19. The molecule has 0 bridgehead atoms. The Morgan fingerprint density at radius 2 is 1.95 bits per heavy atom. The van der Waals surface area contributed by atoms with Gasteiger partial charge in [0.2, 0.25) is 10.0 Å². The van der Waals surface area contributed by atoms with Crippen LogP contribution in [0, 0.1) is 19.8 Å². The van der Waals surface area contributed by atoms with Gasteiger partial charge in [0.05, 0.1) is 28.2 Å². The van der Waals surface area contributed by atoms with Crippen molar-refractivity contribution in [2.24, 2.45) is 5.92 Å². The van der Waals surface area contributed by atoms with E-state index < -0.39 is 16.0 Å². The van der Waals surface area contributed by atoms with Crippen LogP contribution < -0.4 is 0 Å². The average molecular weight is 547 g/mol. The molecule has 6 rings (SSSR count). The molecule has 10 heteroatoms. The molecule has 1 N–H and O–H groups in total. The van der Waals surface area contributed by atoms with E-state index in [9.17, 15) is 18.3 Å². The summed E-state index contributed by atoms with van der Waals surface area (Å²) in [6.07, 6.45) is 2.82. The summed E-state index contributed by atoms with van der Waals surface area (Å²) in [7, 11) is -3.68. The highest BCUT2D eigenvalue weighted by molar-refractivity contribution is 7.89. The summed E-state index contributed by atoms with van der Waals surface area (Å²) in [6.45, 7) is 6.52. The first-order chi connectivity index (χ1) is 18.6. The van der Waals surface area contributed by atoms with Crippen LogP contribution in [0.3, 0.4) is 0 Å². The number of fused-ring (bicyclic) bond motifs is 1. The second kappa shape index (κ2) is 9.46. The van der Waals surface area contributed by atoms with Crippen molar-refractivity contribution < 1.29 is 22.8 Å². The molecule has 1 aliphatic carbocycles. The third-order valence-electron chi connectivity index (χ3n) is 7.62. The highest BCUT2D eigenvalue weighted by Gasteiger charge is 2.46. The van der Waals surface area contributed by atoms with Crippen LogP contribution in [-0.4, -0.2) is 45.3 Å². The molecule has 3 heterocycles. The second-order valence-electron chi connectivity index (χ2n) is 10.9. The lowest BCUT2D eigenvalue weighted by Gasteiger charge is -2.22. The average Bonchev–Trinajstić information content (AvgIpc) is 3.35. The monoisotopic (exact) mass is 546 g/mol. The summed E-state index contributed by atoms with van der Waals surface area (Å²) in [6, 6.07) is 14.9. The number of carbonyl (C=O) groups is 1. The van der Waals surface area contributed by atoms with Crippen molar-refractivity contribution in [1.82, 2.24) is 19.2 Å². The van der Waals surface area contributed by atoms with Gasteiger partial charge in [-0.15, -0.1) is 0 Å². The Morgan fingerprint density at radius 3 is 2.69 bits per heavy atom. The number of hydrogen-bond acceptors (Lipinski definition) is 6. The summed E-state index contributed by atoms with van der Waals surface area (Å²) in [5.41, 5.74) is 4.94. The van der Waals surface area contributed by atoms with Crippen molar-refractivity contribution in [3.05, 3.63) is 94.1 Å². The normalized spacial score (nSPS) is 22.3. The van der Waals surface area contributed by atoms with Gasteiger partial charge in [0.1, 0.15) is 11.3 Å². The predicted molar refractivity (Wildman–Crippen MR) is 144 cm³/mol. The predicted octanol–water partition coefficient (Wildman–Crippen LogP) is 4.83. The SMILES string of the molecule is Cc1ccc2c(c1)C[C@H](C)CN(Cc1cccc(-n3ncc(C(=O)O)c3[C@@H]3C[C@H]3c3cc(C)no3)c1)S2(=O)=O. The molecule has 39 heavy (non-hydrogen) atoms. The van der Waals surface area contributed by atoms with Gasteiger partial charge in [-0.1, -0.05) is 41.9 Å². The van der Waals surface area contributed by atoms with E-state index in [2.05, 4.69) is 17.2 Å². The summed E-state index contributed by atoms with van der Waals surface area (Å²) >= 11 is 0. The van der Waals surface area contributed by atoms with E-state index in [4.69, 9.17) is 4.52 Å². The molecule has 4 aromatic rings. The molecule has 202 valence electrons. The Balaban J connectivity index is 1.33. The van der Waals surface area contributed by atoms with Crippen LogP contribution in [0.25, 0.3) is 5.69 Å². The van der Waals surface area contributed by atoms with Crippen LogP contribution in [0.15, 0.2) is 64.1 Å². The number of nitrogens with zero attached hydrogens (tertiary/aromatic N) is 4. The molecule has 2 aromatic carbocycles. The van der Waals surface area contributed by atoms with Crippen LogP contribution in [-0.2, 0) is 23.0 Å². The highest BCUT2D eigenvalue weighted by Crippen LogP contribution is 2.55. The zero-order valence-corrected chi connectivity index (χ0v) is 22.9. The highest BCUT2D eigenvalue weighted by atomic mass is 32.2. The van der Waals surface area contributed by atoms with Crippen molar-refractivity contribution in [3.8, 4) is 5.69 Å². The standard InChI is InChI=1S/C29H30N4O5S/c1-17-7-8-27-21(9-17)10-18(2)15-32(39(27,36)37)16-20-5-4-6-22(12-20)33-28(25(14-30-33)29(34)35)24-13-23(24)26-11-19(3)31-38-26/h4-9,11-12,14,18,23-24H,10,13,15-16H2,1-3H3,(H,34,35)/t18-,23+,24+/m0/s1. The maximum Gasteiger partial charge on any atom is 0.339 e. The van der Waals surface area contributed by atoms with Gasteiger partial charge in [-0.3, -0.25) is 0 Å². The van der Waals surface area contributed by atoms with Gasteiger partial charge in [0, 0.05) is 31.0 Å². The number of carboxylic acids is 1. The molecular weight excluding hydrogens is 516 g/mol. The molecule has 1 fully saturated rings. The van der Waals surface area contributed by atoms with E-state index in [1.54, 1.807) is 15.1 Å². The molecule has 2 aliphatic rings. The number of sulfonamides is 1. The minimum absolute atomic E-state index is 0.0374. The van der Waals surface area contributed by atoms with E-state index in [1.165, 1.54) is 6.20 Å². The summed E-state index contributed by atoms with van der Waals surface area (Å²) in [5, 5.41) is 18.3. The Hall–Kier alpha value is -3.76. The zero-order chi connectivity index (χ0) is 27.5. The maximum atomic E-state index is 13.7. The fourth-order valence-electron chi connectivity index (χ4n) is 5.74. The van der Waals surface area contributed by atoms with Gasteiger partial charge in [-0.2, -0.15) is 9.40 Å². The van der Waals surface area contributed by atoms with E-state index in [-0.39, 0.29) is 29.9 Å². The number of aryl methyl sites for hydroxylation is 2. The summed E-state index contributed by atoms with van der Waals surface area (Å²) in [4.78, 5) is 12.4. The van der Waals surface area contributed by atoms with E-state index >= 15 is 0 Å². The van der Waals surface area contributed by atoms with Crippen LogP contribution in [0.2, 0.25) is 0 Å². The number of carboxylic acid groups (broad SMARTS) is 1. The van der Waals surface area contributed by atoms with Crippen molar-refractivity contribution >= 4 is 16.0 Å². The van der Waals surface area contributed by atoms with E-state index in [1.807, 2.05) is 56.3 Å². The van der Waals surface area contributed by atoms with Gasteiger partial charge in [-0.05, 0) is 61.9 Å². The van der Waals surface area contributed by atoms with Crippen LogP contribution in [0.4, 0.5) is 0 Å². The van der Waals surface area contributed by atoms with Crippen molar-refractivity contribution in [2.75, 3.05) is 6.54 Å². The van der Waals surface area contributed by atoms with Gasteiger partial charge < -0.3 is 9.63 Å². The van der Waals surface area contributed by atoms with E-state index in [0.29, 0.717) is 29.2 Å². The first-order valence-electron chi connectivity index (χ1n) is 13.0. The Morgan fingerprint density at radius 1 is 1.13 bits per heavy atom. The smallest absolute Gasteiger partial charge is 0.339 e. The molecule has 0 saturated heterocycles. The Bertz CT molecular complexity index is 1690. The zero-order valence-electron chi connectivity index (χ0n) is 22.0. The largest absolute Gasteiger partial charge is 0.478 e. The lowest BCUT2D eigenvalue weighted by Crippen LogP contribution is -2.32. The lowest BCUT2D eigenvalue weighted by molar-refractivity contribution is 0.0695. The fraction of sp³-hybridized carbons (Fsp3) is 0.345. The lowest BCUT2D eigenvalue weighted by atomic mass is 9.99. The summed E-state index contributed by atoms with van der Waals surface area (Å²) < 4.78 is 36.0. The molecule has 2 aromatic heterocycles. The first kappa shape index (κ1) is 25.5. The van der Waals surface area contributed by atoms with Crippen molar-refractivity contribution in [3.63, 3.8) is 0 Å². The molecule has 0 amide bonds. The number of rotatable bonds is 6. The van der Waals surface area contributed by atoms with E-state index in [0.717, 1.165) is 34.6 Å². The molecule has 3 atom stereocenters. The minimum atomic E-state index is -3.68.